The third-order valence-electron chi connectivity index (χ3n) is 3.68. The minimum Gasteiger partial charge on any atom is -0.507 e. The number of halogens is 2. The van der Waals surface area contributed by atoms with Gasteiger partial charge in [0.1, 0.15) is 22.9 Å². The Morgan fingerprint density at radius 2 is 1.80 bits per heavy atom. The smallest absolute Gasteiger partial charge is 0.262 e. The summed E-state index contributed by atoms with van der Waals surface area (Å²) in [5.41, 5.74) is -0.0432. The van der Waals surface area contributed by atoms with E-state index in [4.69, 9.17) is 0 Å². The Labute approximate surface area is 143 Å². The van der Waals surface area contributed by atoms with Crippen molar-refractivity contribution < 1.29 is 23.5 Å². The van der Waals surface area contributed by atoms with E-state index in [9.17, 15) is 23.5 Å². The molecule has 0 saturated heterocycles. The van der Waals surface area contributed by atoms with Crippen molar-refractivity contribution in [3.05, 3.63) is 59.2 Å². The van der Waals surface area contributed by atoms with Crippen molar-refractivity contribution >= 4 is 17.5 Å². The molecule has 5 nitrogen and oxygen atoms in total. The number of nitrogens with zero attached hydrogens (tertiary/aromatic N) is 1. The molecule has 132 valence electrons. The van der Waals surface area contributed by atoms with Crippen LogP contribution in [-0.4, -0.2) is 34.9 Å². The average Bonchev–Trinajstić information content (AvgIpc) is 2.55. The topological polar surface area (TPSA) is 69.6 Å². The van der Waals surface area contributed by atoms with Crippen LogP contribution in [0.3, 0.4) is 0 Å². The van der Waals surface area contributed by atoms with Crippen LogP contribution in [0.25, 0.3) is 0 Å². The standard InChI is InChI=1S/C18H18F2N2O3/c1-3-22(4-2)18(25)11-6-5-7-13(8-11)21-17(24)16-14(20)9-12(19)10-15(16)23/h5-10,23H,3-4H2,1-2H3,(H,21,24). The number of aromatic hydroxyl groups is 1. The molecule has 25 heavy (non-hydrogen) atoms. The van der Waals surface area contributed by atoms with Gasteiger partial charge in [0, 0.05) is 36.5 Å². The van der Waals surface area contributed by atoms with Crippen molar-refractivity contribution in [1.82, 2.24) is 4.90 Å². The Kier molecular flexibility index (Phi) is 5.69. The van der Waals surface area contributed by atoms with E-state index in [2.05, 4.69) is 5.32 Å². The van der Waals surface area contributed by atoms with Crippen LogP contribution in [0.4, 0.5) is 14.5 Å². The van der Waals surface area contributed by atoms with Crippen LogP contribution in [-0.2, 0) is 0 Å². The summed E-state index contributed by atoms with van der Waals surface area (Å²) in [7, 11) is 0. The maximum Gasteiger partial charge on any atom is 0.262 e. The second-order valence-corrected chi connectivity index (χ2v) is 5.29. The SMILES string of the molecule is CCN(CC)C(=O)c1cccc(NC(=O)c2c(O)cc(F)cc2F)c1. The number of amides is 2. The number of carbonyl (C=O) groups is 2. The van der Waals surface area contributed by atoms with E-state index in [0.717, 1.165) is 0 Å². The van der Waals surface area contributed by atoms with E-state index >= 15 is 0 Å². The first kappa shape index (κ1) is 18.4. The zero-order chi connectivity index (χ0) is 18.6. The number of hydrogen-bond acceptors (Lipinski definition) is 3. The summed E-state index contributed by atoms with van der Waals surface area (Å²) < 4.78 is 26.8. The van der Waals surface area contributed by atoms with Gasteiger partial charge in [-0.3, -0.25) is 9.59 Å². The van der Waals surface area contributed by atoms with E-state index in [1.165, 1.54) is 12.1 Å². The van der Waals surface area contributed by atoms with Gasteiger partial charge in [-0.25, -0.2) is 8.78 Å². The van der Waals surface area contributed by atoms with Gasteiger partial charge >= 0.3 is 0 Å². The molecule has 0 aliphatic heterocycles. The first-order chi connectivity index (χ1) is 11.9. The number of benzene rings is 2. The molecular weight excluding hydrogens is 330 g/mol. The fraction of sp³-hybridized carbons (Fsp3) is 0.222. The summed E-state index contributed by atoms with van der Waals surface area (Å²) in [6, 6.07) is 7.32. The van der Waals surface area contributed by atoms with Gasteiger partial charge < -0.3 is 15.3 Å². The van der Waals surface area contributed by atoms with Gasteiger partial charge in [0.2, 0.25) is 0 Å². The predicted octanol–water partition coefficient (Wildman–Crippen LogP) is 3.40. The summed E-state index contributed by atoms with van der Waals surface area (Å²) in [6.07, 6.45) is 0. The summed E-state index contributed by atoms with van der Waals surface area (Å²) >= 11 is 0. The lowest BCUT2D eigenvalue weighted by atomic mass is 10.1. The van der Waals surface area contributed by atoms with Gasteiger partial charge in [-0.1, -0.05) is 6.07 Å². The number of anilines is 1. The van der Waals surface area contributed by atoms with E-state index in [0.29, 0.717) is 30.8 Å². The molecule has 0 fully saturated rings. The molecule has 2 aromatic rings. The molecule has 2 aromatic carbocycles. The fourth-order valence-electron chi connectivity index (χ4n) is 2.40. The molecule has 0 atom stereocenters. The average molecular weight is 348 g/mol. The molecule has 0 unspecified atom stereocenters. The second kappa shape index (κ2) is 7.74. The number of nitrogens with one attached hydrogen (secondary N) is 1. The Morgan fingerprint density at radius 3 is 2.40 bits per heavy atom. The Bertz CT molecular complexity index is 782. The Morgan fingerprint density at radius 1 is 1.12 bits per heavy atom. The van der Waals surface area contributed by atoms with E-state index in [-0.39, 0.29) is 11.6 Å². The predicted molar refractivity (Wildman–Crippen MR) is 89.7 cm³/mol. The minimum atomic E-state index is -1.18. The maximum absolute atomic E-state index is 13.7. The molecule has 0 aliphatic rings. The molecule has 0 saturated carbocycles. The highest BCUT2D eigenvalue weighted by atomic mass is 19.1. The van der Waals surface area contributed by atoms with Gasteiger partial charge in [0.15, 0.2) is 0 Å². The number of phenols is 1. The summed E-state index contributed by atoms with van der Waals surface area (Å²) in [6.45, 7) is 4.79. The van der Waals surface area contributed by atoms with Gasteiger partial charge in [-0.05, 0) is 32.0 Å². The molecule has 2 amide bonds. The van der Waals surface area contributed by atoms with Crippen LogP contribution < -0.4 is 5.32 Å². The molecule has 0 heterocycles. The van der Waals surface area contributed by atoms with E-state index < -0.39 is 28.9 Å². The third-order valence-corrected chi connectivity index (χ3v) is 3.68. The highest BCUT2D eigenvalue weighted by Gasteiger charge is 2.19. The van der Waals surface area contributed by atoms with E-state index in [1.807, 2.05) is 13.8 Å². The molecule has 0 bridgehead atoms. The van der Waals surface area contributed by atoms with Crippen molar-refractivity contribution in [2.75, 3.05) is 18.4 Å². The van der Waals surface area contributed by atoms with Crippen LogP contribution in [0.5, 0.6) is 5.75 Å². The lowest BCUT2D eigenvalue weighted by Crippen LogP contribution is -2.30. The quantitative estimate of drug-likeness (QED) is 0.870. The van der Waals surface area contributed by atoms with Crippen molar-refractivity contribution in [2.45, 2.75) is 13.8 Å². The molecule has 7 heteroatoms. The number of hydrogen-bond donors (Lipinski definition) is 2. The summed E-state index contributed by atoms with van der Waals surface area (Å²) in [4.78, 5) is 26.1. The first-order valence-electron chi connectivity index (χ1n) is 7.76. The molecular formula is C18H18F2N2O3. The number of rotatable bonds is 5. The van der Waals surface area contributed by atoms with Crippen LogP contribution >= 0.6 is 0 Å². The van der Waals surface area contributed by atoms with Crippen molar-refractivity contribution in [2.24, 2.45) is 0 Å². The second-order valence-electron chi connectivity index (χ2n) is 5.29. The van der Waals surface area contributed by atoms with Gasteiger partial charge in [-0.15, -0.1) is 0 Å². The fourth-order valence-corrected chi connectivity index (χ4v) is 2.40. The van der Waals surface area contributed by atoms with Gasteiger partial charge in [0.25, 0.3) is 11.8 Å². The Balaban J connectivity index is 2.26. The van der Waals surface area contributed by atoms with Crippen LogP contribution in [0, 0.1) is 11.6 Å². The largest absolute Gasteiger partial charge is 0.507 e. The maximum atomic E-state index is 13.7. The zero-order valence-corrected chi connectivity index (χ0v) is 13.8. The minimum absolute atomic E-state index is 0.197. The summed E-state index contributed by atoms with van der Waals surface area (Å²) in [5.74, 6) is -4.10. The molecule has 2 N–H and O–H groups in total. The molecule has 0 spiro atoms. The lowest BCUT2D eigenvalue weighted by molar-refractivity contribution is 0.0772. The summed E-state index contributed by atoms with van der Waals surface area (Å²) in [5, 5.41) is 12.0. The van der Waals surface area contributed by atoms with Crippen molar-refractivity contribution in [3.8, 4) is 5.75 Å². The zero-order valence-electron chi connectivity index (χ0n) is 13.8. The highest BCUT2D eigenvalue weighted by Crippen LogP contribution is 2.23. The third kappa shape index (κ3) is 4.12. The van der Waals surface area contributed by atoms with Gasteiger partial charge in [0.05, 0.1) is 0 Å². The number of carbonyl (C=O) groups excluding carboxylic acids is 2. The first-order valence-corrected chi connectivity index (χ1v) is 7.76. The molecule has 0 aromatic heterocycles. The van der Waals surface area contributed by atoms with Crippen LogP contribution in [0.15, 0.2) is 36.4 Å². The van der Waals surface area contributed by atoms with E-state index in [1.54, 1.807) is 17.0 Å². The van der Waals surface area contributed by atoms with Gasteiger partial charge in [-0.2, -0.15) is 0 Å². The van der Waals surface area contributed by atoms with Crippen molar-refractivity contribution in [3.63, 3.8) is 0 Å². The lowest BCUT2D eigenvalue weighted by Gasteiger charge is -2.19. The molecule has 0 radical (unpaired) electrons. The van der Waals surface area contributed by atoms with Crippen LogP contribution in [0.1, 0.15) is 34.6 Å². The normalized spacial score (nSPS) is 10.4. The van der Waals surface area contributed by atoms with Crippen LogP contribution in [0.2, 0.25) is 0 Å². The highest BCUT2D eigenvalue weighted by molar-refractivity contribution is 6.07. The van der Waals surface area contributed by atoms with Crippen molar-refractivity contribution in [1.29, 1.82) is 0 Å². The number of phenolic OH excluding ortho intramolecular Hbond substituents is 1. The Hall–Kier alpha value is -2.96. The molecule has 2 rings (SSSR count). The monoisotopic (exact) mass is 348 g/mol. The molecule has 0 aliphatic carbocycles.